The highest BCUT2D eigenvalue weighted by Gasteiger charge is 2.19. The van der Waals surface area contributed by atoms with Crippen molar-refractivity contribution in [2.24, 2.45) is 0 Å². The zero-order valence-electron chi connectivity index (χ0n) is 18.9. The molecule has 0 aliphatic carbocycles. The number of hydrogen-bond donors (Lipinski definition) is 0. The SMILES string of the molecule is COc1ccc(/C=C/c2cc(OC)cc(OC)c2-c2nnc(-c3ccc(OC)cc3)o2)cc1. The van der Waals surface area contributed by atoms with Gasteiger partial charge in [0.05, 0.1) is 34.0 Å². The molecule has 1 aromatic heterocycles. The molecular weight excluding hydrogens is 420 g/mol. The van der Waals surface area contributed by atoms with Crippen LogP contribution >= 0.6 is 0 Å². The number of ether oxygens (including phenoxy) is 4. The Morgan fingerprint density at radius 1 is 0.636 bits per heavy atom. The van der Waals surface area contributed by atoms with E-state index in [4.69, 9.17) is 23.4 Å². The molecule has 3 aromatic carbocycles. The van der Waals surface area contributed by atoms with Crippen molar-refractivity contribution in [1.29, 1.82) is 0 Å². The highest BCUT2D eigenvalue weighted by Crippen LogP contribution is 2.38. The van der Waals surface area contributed by atoms with Crippen LogP contribution in [-0.4, -0.2) is 38.6 Å². The van der Waals surface area contributed by atoms with Crippen LogP contribution < -0.4 is 18.9 Å². The van der Waals surface area contributed by atoms with E-state index in [1.54, 1.807) is 34.5 Å². The Morgan fingerprint density at radius 2 is 1.24 bits per heavy atom. The number of aromatic nitrogens is 2. The highest BCUT2D eigenvalue weighted by atomic mass is 16.5. The van der Waals surface area contributed by atoms with Crippen LogP contribution in [-0.2, 0) is 0 Å². The van der Waals surface area contributed by atoms with Gasteiger partial charge in [-0.25, -0.2) is 0 Å². The molecule has 0 saturated carbocycles. The molecule has 0 spiro atoms. The largest absolute Gasteiger partial charge is 0.497 e. The number of benzene rings is 3. The fraction of sp³-hybridized carbons (Fsp3) is 0.154. The average Bonchev–Trinajstić information content (AvgIpc) is 3.37. The predicted octanol–water partition coefficient (Wildman–Crippen LogP) is 5.61. The van der Waals surface area contributed by atoms with Crippen molar-refractivity contribution in [3.05, 3.63) is 71.8 Å². The third-order valence-corrected chi connectivity index (χ3v) is 5.11. The summed E-state index contributed by atoms with van der Waals surface area (Å²) in [5.74, 6) is 3.51. The summed E-state index contributed by atoms with van der Waals surface area (Å²) in [6.07, 6.45) is 3.94. The van der Waals surface area contributed by atoms with Crippen molar-refractivity contribution >= 4 is 12.2 Å². The smallest absolute Gasteiger partial charge is 0.252 e. The topological polar surface area (TPSA) is 75.8 Å². The molecule has 33 heavy (non-hydrogen) atoms. The minimum atomic E-state index is 0.342. The van der Waals surface area contributed by atoms with Crippen molar-refractivity contribution in [2.75, 3.05) is 28.4 Å². The Bertz CT molecular complexity index is 1240. The number of rotatable bonds is 8. The standard InChI is InChI=1S/C26H24N2O5/c1-29-20-11-6-17(7-12-20)5-8-19-15-22(31-3)16-23(32-4)24(19)26-28-27-25(33-26)18-9-13-21(30-2)14-10-18/h5-16H,1-4H3/b8-5+. The molecule has 0 atom stereocenters. The first kappa shape index (κ1) is 22.0. The molecule has 0 radical (unpaired) electrons. The third-order valence-electron chi connectivity index (χ3n) is 5.11. The van der Waals surface area contributed by atoms with Crippen LogP contribution in [0.3, 0.4) is 0 Å². The lowest BCUT2D eigenvalue weighted by Gasteiger charge is -2.11. The second-order valence-corrected chi connectivity index (χ2v) is 7.04. The molecule has 168 valence electrons. The first-order valence-corrected chi connectivity index (χ1v) is 10.2. The average molecular weight is 444 g/mol. The van der Waals surface area contributed by atoms with Gasteiger partial charge in [-0.2, -0.15) is 0 Å². The maximum Gasteiger partial charge on any atom is 0.252 e. The predicted molar refractivity (Wildman–Crippen MR) is 127 cm³/mol. The van der Waals surface area contributed by atoms with Crippen molar-refractivity contribution < 1.29 is 23.4 Å². The highest BCUT2D eigenvalue weighted by molar-refractivity contribution is 5.83. The van der Waals surface area contributed by atoms with Crippen molar-refractivity contribution in [2.45, 2.75) is 0 Å². The molecule has 4 rings (SSSR count). The van der Waals surface area contributed by atoms with Crippen LogP contribution in [0.1, 0.15) is 11.1 Å². The minimum absolute atomic E-state index is 0.342. The molecule has 0 amide bonds. The summed E-state index contributed by atoms with van der Waals surface area (Å²) in [5, 5.41) is 8.52. The summed E-state index contributed by atoms with van der Waals surface area (Å²) < 4.78 is 27.6. The van der Waals surface area contributed by atoms with E-state index in [-0.39, 0.29) is 0 Å². The lowest BCUT2D eigenvalue weighted by Crippen LogP contribution is -1.94. The molecule has 0 N–H and O–H groups in total. The van der Waals surface area contributed by atoms with E-state index in [0.717, 1.165) is 28.2 Å². The van der Waals surface area contributed by atoms with Gasteiger partial charge in [-0.15, -0.1) is 10.2 Å². The van der Waals surface area contributed by atoms with Gasteiger partial charge in [0.2, 0.25) is 5.89 Å². The van der Waals surface area contributed by atoms with Gasteiger partial charge in [-0.3, -0.25) is 0 Å². The Labute approximate surface area is 192 Å². The van der Waals surface area contributed by atoms with E-state index >= 15 is 0 Å². The summed E-state index contributed by atoms with van der Waals surface area (Å²) in [7, 11) is 6.47. The molecule has 1 heterocycles. The third kappa shape index (κ3) is 4.82. The zero-order valence-corrected chi connectivity index (χ0v) is 18.9. The van der Waals surface area contributed by atoms with E-state index < -0.39 is 0 Å². The molecule has 7 nitrogen and oxygen atoms in total. The van der Waals surface area contributed by atoms with Gasteiger partial charge < -0.3 is 23.4 Å². The van der Waals surface area contributed by atoms with Crippen molar-refractivity contribution in [3.8, 4) is 45.9 Å². The minimum Gasteiger partial charge on any atom is -0.497 e. The second-order valence-electron chi connectivity index (χ2n) is 7.04. The fourth-order valence-corrected chi connectivity index (χ4v) is 3.33. The zero-order chi connectivity index (χ0) is 23.2. The lowest BCUT2D eigenvalue weighted by atomic mass is 10.0. The number of nitrogens with zero attached hydrogens (tertiary/aromatic N) is 2. The molecule has 0 aliphatic rings. The van der Waals surface area contributed by atoms with E-state index in [9.17, 15) is 0 Å². The van der Waals surface area contributed by atoms with Gasteiger partial charge in [-0.1, -0.05) is 24.3 Å². The second kappa shape index (κ2) is 9.91. The quantitative estimate of drug-likeness (QED) is 0.327. The van der Waals surface area contributed by atoms with E-state index in [0.29, 0.717) is 28.8 Å². The molecule has 4 aromatic rings. The summed E-state index contributed by atoms with van der Waals surface area (Å²) in [6.45, 7) is 0. The van der Waals surface area contributed by atoms with Gasteiger partial charge in [0.1, 0.15) is 23.0 Å². The maximum absolute atomic E-state index is 6.03. The van der Waals surface area contributed by atoms with E-state index in [1.807, 2.05) is 66.7 Å². The molecule has 0 aliphatic heterocycles. The Kier molecular flexibility index (Phi) is 6.59. The molecule has 0 saturated heterocycles. The van der Waals surface area contributed by atoms with Gasteiger partial charge in [-0.05, 0) is 53.6 Å². The monoisotopic (exact) mass is 444 g/mol. The molecule has 0 fully saturated rings. The summed E-state index contributed by atoms with van der Waals surface area (Å²) in [5.41, 5.74) is 3.28. The van der Waals surface area contributed by atoms with Crippen molar-refractivity contribution in [1.82, 2.24) is 10.2 Å². The van der Waals surface area contributed by atoms with Crippen LogP contribution in [0.25, 0.3) is 35.1 Å². The number of hydrogen-bond acceptors (Lipinski definition) is 7. The normalized spacial score (nSPS) is 10.9. The van der Waals surface area contributed by atoms with E-state index in [2.05, 4.69) is 10.2 Å². The van der Waals surface area contributed by atoms with Gasteiger partial charge in [0.15, 0.2) is 0 Å². The molecule has 0 bridgehead atoms. The summed E-state index contributed by atoms with van der Waals surface area (Å²) in [6, 6.07) is 18.9. The Hall–Kier alpha value is -4.26. The Morgan fingerprint density at radius 3 is 1.85 bits per heavy atom. The van der Waals surface area contributed by atoms with Crippen LogP contribution in [0, 0.1) is 0 Å². The van der Waals surface area contributed by atoms with Crippen LogP contribution in [0.15, 0.2) is 65.1 Å². The van der Waals surface area contributed by atoms with E-state index in [1.165, 1.54) is 0 Å². The van der Waals surface area contributed by atoms with Crippen LogP contribution in [0.2, 0.25) is 0 Å². The Balaban J connectivity index is 1.75. The molecular formula is C26H24N2O5. The maximum atomic E-state index is 6.03. The lowest BCUT2D eigenvalue weighted by molar-refractivity contribution is 0.394. The fourth-order valence-electron chi connectivity index (χ4n) is 3.33. The van der Waals surface area contributed by atoms with Gasteiger partial charge >= 0.3 is 0 Å². The summed E-state index contributed by atoms with van der Waals surface area (Å²) >= 11 is 0. The summed E-state index contributed by atoms with van der Waals surface area (Å²) in [4.78, 5) is 0. The molecule has 0 unspecified atom stereocenters. The molecule has 7 heteroatoms. The van der Waals surface area contributed by atoms with Crippen LogP contribution in [0.5, 0.6) is 23.0 Å². The first-order chi connectivity index (χ1) is 16.1. The first-order valence-electron chi connectivity index (χ1n) is 10.2. The van der Waals surface area contributed by atoms with Crippen molar-refractivity contribution in [3.63, 3.8) is 0 Å². The van der Waals surface area contributed by atoms with Gasteiger partial charge in [0, 0.05) is 11.6 Å². The van der Waals surface area contributed by atoms with Crippen LogP contribution in [0.4, 0.5) is 0 Å². The van der Waals surface area contributed by atoms with Gasteiger partial charge in [0.25, 0.3) is 5.89 Å². The number of methoxy groups -OCH3 is 4.